The van der Waals surface area contributed by atoms with Crippen LogP contribution in [0.3, 0.4) is 0 Å². The van der Waals surface area contributed by atoms with E-state index in [1.54, 1.807) is 17.0 Å². The SMILES string of the molecule is O=C(Nc1ccc(F)c(Cl)c1)N[C@H](C(=O)N1CCc2ccccc21)c1ccccc1. The average Bonchev–Trinajstić information content (AvgIpc) is 3.19. The van der Waals surface area contributed by atoms with E-state index in [0.717, 1.165) is 17.7 Å². The maximum atomic E-state index is 13.4. The van der Waals surface area contributed by atoms with Gasteiger partial charge in [0.2, 0.25) is 0 Å². The summed E-state index contributed by atoms with van der Waals surface area (Å²) in [7, 11) is 0. The monoisotopic (exact) mass is 423 g/mol. The van der Waals surface area contributed by atoms with Gasteiger partial charge in [-0.3, -0.25) is 4.79 Å². The highest BCUT2D eigenvalue weighted by Crippen LogP contribution is 2.30. The third-order valence-corrected chi connectivity index (χ3v) is 5.28. The Morgan fingerprint density at radius 1 is 1.00 bits per heavy atom. The fraction of sp³-hybridized carbons (Fsp3) is 0.130. The number of nitrogens with zero attached hydrogens (tertiary/aromatic N) is 1. The van der Waals surface area contributed by atoms with Crippen LogP contribution in [0, 0.1) is 5.82 Å². The van der Waals surface area contributed by atoms with E-state index < -0.39 is 17.9 Å². The molecule has 0 radical (unpaired) electrons. The first-order valence-electron chi connectivity index (χ1n) is 9.50. The summed E-state index contributed by atoms with van der Waals surface area (Å²) in [5.74, 6) is -0.800. The molecule has 0 unspecified atom stereocenters. The van der Waals surface area contributed by atoms with E-state index in [0.29, 0.717) is 17.8 Å². The van der Waals surface area contributed by atoms with Gasteiger partial charge in [0.25, 0.3) is 5.91 Å². The number of carbonyl (C=O) groups is 2. The summed E-state index contributed by atoms with van der Waals surface area (Å²) in [5, 5.41) is 5.25. The van der Waals surface area contributed by atoms with E-state index in [1.165, 1.54) is 18.2 Å². The number of benzene rings is 3. The molecule has 0 spiro atoms. The van der Waals surface area contributed by atoms with Gasteiger partial charge in [0.1, 0.15) is 11.9 Å². The molecule has 0 fully saturated rings. The fourth-order valence-electron chi connectivity index (χ4n) is 3.53. The van der Waals surface area contributed by atoms with E-state index >= 15 is 0 Å². The number of urea groups is 1. The molecule has 1 aliphatic rings. The van der Waals surface area contributed by atoms with Gasteiger partial charge in [-0.2, -0.15) is 0 Å². The summed E-state index contributed by atoms with van der Waals surface area (Å²) >= 11 is 5.78. The van der Waals surface area contributed by atoms with Crippen molar-refractivity contribution in [2.45, 2.75) is 12.5 Å². The number of carbonyl (C=O) groups excluding carboxylic acids is 2. The van der Waals surface area contributed by atoms with E-state index in [9.17, 15) is 14.0 Å². The van der Waals surface area contributed by atoms with Crippen LogP contribution < -0.4 is 15.5 Å². The zero-order valence-electron chi connectivity index (χ0n) is 15.9. The lowest BCUT2D eigenvalue weighted by atomic mass is 10.1. The third kappa shape index (κ3) is 4.14. The first kappa shape index (κ1) is 19.9. The minimum Gasteiger partial charge on any atom is -0.322 e. The molecular formula is C23H19ClFN3O2. The second-order valence-corrected chi connectivity index (χ2v) is 7.35. The average molecular weight is 424 g/mol. The minimum absolute atomic E-state index is 0.0999. The van der Waals surface area contributed by atoms with Crippen molar-refractivity contribution in [3.63, 3.8) is 0 Å². The zero-order valence-corrected chi connectivity index (χ0v) is 16.7. The van der Waals surface area contributed by atoms with Gasteiger partial charge in [0.05, 0.1) is 5.02 Å². The van der Waals surface area contributed by atoms with Crippen molar-refractivity contribution in [1.82, 2.24) is 5.32 Å². The Labute approximate surface area is 178 Å². The highest BCUT2D eigenvalue weighted by atomic mass is 35.5. The molecule has 0 bridgehead atoms. The molecule has 30 heavy (non-hydrogen) atoms. The number of rotatable bonds is 4. The number of anilines is 2. The Hall–Kier alpha value is -3.38. The molecule has 3 aromatic rings. The molecule has 2 N–H and O–H groups in total. The molecule has 1 heterocycles. The number of para-hydroxylation sites is 1. The Morgan fingerprint density at radius 3 is 2.50 bits per heavy atom. The first-order valence-corrected chi connectivity index (χ1v) is 9.87. The van der Waals surface area contributed by atoms with Crippen LogP contribution in [0.2, 0.25) is 5.02 Å². The molecule has 4 rings (SSSR count). The van der Waals surface area contributed by atoms with Crippen molar-refractivity contribution in [3.05, 3.63) is 94.8 Å². The second-order valence-electron chi connectivity index (χ2n) is 6.94. The number of amides is 3. The molecule has 3 aromatic carbocycles. The van der Waals surface area contributed by atoms with Gasteiger partial charge in [-0.15, -0.1) is 0 Å². The van der Waals surface area contributed by atoms with E-state index in [4.69, 9.17) is 11.6 Å². The lowest BCUT2D eigenvalue weighted by Crippen LogP contribution is -2.43. The van der Waals surface area contributed by atoms with E-state index in [1.807, 2.05) is 42.5 Å². The van der Waals surface area contributed by atoms with E-state index in [2.05, 4.69) is 10.6 Å². The van der Waals surface area contributed by atoms with Crippen LogP contribution in [0.1, 0.15) is 17.2 Å². The Kier molecular flexibility index (Phi) is 5.68. The van der Waals surface area contributed by atoms with Gasteiger partial charge in [-0.1, -0.05) is 60.1 Å². The van der Waals surface area contributed by atoms with Crippen molar-refractivity contribution >= 4 is 34.9 Å². The lowest BCUT2D eigenvalue weighted by molar-refractivity contribution is -0.120. The van der Waals surface area contributed by atoms with Crippen LogP contribution >= 0.6 is 11.6 Å². The summed E-state index contributed by atoms with van der Waals surface area (Å²) in [4.78, 5) is 27.7. The van der Waals surface area contributed by atoms with Crippen LogP contribution in [-0.2, 0) is 11.2 Å². The van der Waals surface area contributed by atoms with Gasteiger partial charge in [-0.25, -0.2) is 9.18 Å². The van der Waals surface area contributed by atoms with Crippen molar-refractivity contribution in [1.29, 1.82) is 0 Å². The van der Waals surface area contributed by atoms with Gasteiger partial charge < -0.3 is 15.5 Å². The number of hydrogen-bond acceptors (Lipinski definition) is 2. The van der Waals surface area contributed by atoms with Crippen LogP contribution in [0.5, 0.6) is 0 Å². The van der Waals surface area contributed by atoms with Crippen molar-refractivity contribution in [2.24, 2.45) is 0 Å². The first-order chi connectivity index (χ1) is 14.5. The van der Waals surface area contributed by atoms with Gasteiger partial charge >= 0.3 is 6.03 Å². The van der Waals surface area contributed by atoms with E-state index in [-0.39, 0.29) is 10.9 Å². The second kappa shape index (κ2) is 8.55. The smallest absolute Gasteiger partial charge is 0.320 e. The van der Waals surface area contributed by atoms with Crippen LogP contribution in [0.4, 0.5) is 20.6 Å². The molecule has 5 nitrogen and oxygen atoms in total. The maximum absolute atomic E-state index is 13.4. The minimum atomic E-state index is -0.881. The standard InChI is InChI=1S/C23H19ClFN3O2/c24-18-14-17(10-11-19(18)25)26-23(30)27-21(16-7-2-1-3-8-16)22(29)28-13-12-15-6-4-5-9-20(15)28/h1-11,14,21H,12-13H2,(H2,26,27,30)/t21-/m0/s1. The Balaban J connectivity index is 1.57. The maximum Gasteiger partial charge on any atom is 0.320 e. The van der Waals surface area contributed by atoms with Crippen molar-refractivity contribution in [3.8, 4) is 0 Å². The zero-order chi connectivity index (χ0) is 21.1. The summed E-state index contributed by atoms with van der Waals surface area (Å²) in [5.41, 5.74) is 2.95. The molecule has 1 atom stereocenters. The number of halogens is 2. The molecule has 152 valence electrons. The van der Waals surface area contributed by atoms with Gasteiger partial charge in [-0.05, 0) is 41.8 Å². The molecular weight excluding hydrogens is 405 g/mol. The highest BCUT2D eigenvalue weighted by molar-refractivity contribution is 6.31. The quantitative estimate of drug-likeness (QED) is 0.625. The topological polar surface area (TPSA) is 61.4 Å². The Morgan fingerprint density at radius 2 is 1.73 bits per heavy atom. The number of hydrogen-bond donors (Lipinski definition) is 2. The number of nitrogens with one attached hydrogen (secondary N) is 2. The predicted octanol–water partition coefficient (Wildman–Crippen LogP) is 4.93. The van der Waals surface area contributed by atoms with Crippen molar-refractivity contribution in [2.75, 3.05) is 16.8 Å². The molecule has 0 aromatic heterocycles. The van der Waals surface area contributed by atoms with Gasteiger partial charge in [0.15, 0.2) is 0 Å². The van der Waals surface area contributed by atoms with Gasteiger partial charge in [0, 0.05) is 17.9 Å². The third-order valence-electron chi connectivity index (χ3n) is 4.99. The molecule has 3 amide bonds. The molecule has 0 saturated heterocycles. The van der Waals surface area contributed by atoms with Crippen LogP contribution in [0.15, 0.2) is 72.8 Å². The Bertz CT molecular complexity index is 1090. The highest BCUT2D eigenvalue weighted by Gasteiger charge is 2.32. The molecule has 1 aliphatic heterocycles. The number of fused-ring (bicyclic) bond motifs is 1. The molecule has 7 heteroatoms. The summed E-state index contributed by atoms with van der Waals surface area (Å²) in [6.45, 7) is 0.554. The van der Waals surface area contributed by atoms with Crippen LogP contribution in [0.25, 0.3) is 0 Å². The van der Waals surface area contributed by atoms with Crippen molar-refractivity contribution < 1.29 is 14.0 Å². The lowest BCUT2D eigenvalue weighted by Gasteiger charge is -2.25. The summed E-state index contributed by atoms with van der Waals surface area (Å²) in [6, 6.07) is 19.2. The normalized spacial score (nSPS) is 13.5. The fourth-order valence-corrected chi connectivity index (χ4v) is 3.71. The molecule has 0 saturated carbocycles. The molecule has 0 aliphatic carbocycles. The predicted molar refractivity (Wildman–Crippen MR) is 115 cm³/mol. The van der Waals surface area contributed by atoms with Crippen LogP contribution in [-0.4, -0.2) is 18.5 Å². The summed E-state index contributed by atoms with van der Waals surface area (Å²) < 4.78 is 13.4. The largest absolute Gasteiger partial charge is 0.322 e. The summed E-state index contributed by atoms with van der Waals surface area (Å²) in [6.07, 6.45) is 0.768.